The van der Waals surface area contributed by atoms with E-state index in [0.717, 1.165) is 29.9 Å². The number of carbonyl (C=O) groups excluding carboxylic acids is 1. The van der Waals surface area contributed by atoms with Crippen molar-refractivity contribution in [2.75, 3.05) is 44.7 Å². The van der Waals surface area contributed by atoms with Crippen molar-refractivity contribution >= 4 is 11.7 Å². The smallest absolute Gasteiger partial charge is 0.317 e. The maximum Gasteiger partial charge on any atom is 0.317 e. The zero-order valence-electron chi connectivity index (χ0n) is 17.2. The fourth-order valence-corrected chi connectivity index (χ4v) is 3.52. The summed E-state index contributed by atoms with van der Waals surface area (Å²) < 4.78 is 10.8. The number of hydrogen-bond donors (Lipinski definition) is 1. The average molecular weight is 407 g/mol. The van der Waals surface area contributed by atoms with Crippen LogP contribution in [0, 0.1) is 0 Å². The van der Waals surface area contributed by atoms with Gasteiger partial charge in [0.2, 0.25) is 5.82 Å². The van der Waals surface area contributed by atoms with E-state index in [4.69, 9.17) is 9.26 Å². The second kappa shape index (κ2) is 8.86. The number of benzene rings is 2. The number of carbonyl (C=O) groups is 1. The molecule has 0 bridgehead atoms. The number of ether oxygens (including phenoxy) is 1. The van der Waals surface area contributed by atoms with Crippen LogP contribution in [0.1, 0.15) is 6.92 Å². The molecule has 8 heteroatoms. The molecule has 156 valence electrons. The maximum atomic E-state index is 12.0. The normalized spacial score (nSPS) is 13.9. The van der Waals surface area contributed by atoms with Gasteiger partial charge in [0, 0.05) is 44.0 Å². The molecule has 1 aromatic heterocycles. The summed E-state index contributed by atoms with van der Waals surface area (Å²) in [6.07, 6.45) is 0. The SMILES string of the molecule is CCNC(=O)N1CCN(c2ccc(-c3noc(-c4ccccc4OC)n3)cc2)CC1. The minimum atomic E-state index is 0.00968. The summed E-state index contributed by atoms with van der Waals surface area (Å²) in [7, 11) is 1.62. The van der Waals surface area contributed by atoms with Crippen molar-refractivity contribution in [2.24, 2.45) is 0 Å². The van der Waals surface area contributed by atoms with Crippen LogP contribution in [0.25, 0.3) is 22.8 Å². The van der Waals surface area contributed by atoms with Gasteiger partial charge in [0.1, 0.15) is 5.75 Å². The number of urea groups is 1. The van der Waals surface area contributed by atoms with Gasteiger partial charge in [0.05, 0.1) is 12.7 Å². The third kappa shape index (κ3) is 4.07. The molecule has 2 aromatic carbocycles. The molecule has 4 rings (SSSR count). The van der Waals surface area contributed by atoms with E-state index in [-0.39, 0.29) is 6.03 Å². The predicted octanol–water partition coefficient (Wildman–Crippen LogP) is 3.26. The molecule has 0 unspecified atom stereocenters. The molecule has 1 saturated heterocycles. The first-order valence-electron chi connectivity index (χ1n) is 10.0. The van der Waals surface area contributed by atoms with Crippen LogP contribution in [0.3, 0.4) is 0 Å². The van der Waals surface area contributed by atoms with Gasteiger partial charge in [-0.25, -0.2) is 4.79 Å². The Hall–Kier alpha value is -3.55. The Bertz CT molecular complexity index is 994. The zero-order chi connectivity index (χ0) is 20.9. The van der Waals surface area contributed by atoms with Crippen molar-refractivity contribution in [3.63, 3.8) is 0 Å². The number of para-hydroxylation sites is 1. The van der Waals surface area contributed by atoms with Crippen molar-refractivity contribution in [3.05, 3.63) is 48.5 Å². The number of nitrogens with zero attached hydrogens (tertiary/aromatic N) is 4. The van der Waals surface area contributed by atoms with Gasteiger partial charge in [-0.3, -0.25) is 0 Å². The van der Waals surface area contributed by atoms with Crippen LogP contribution in [-0.2, 0) is 0 Å². The number of hydrogen-bond acceptors (Lipinski definition) is 6. The van der Waals surface area contributed by atoms with Crippen molar-refractivity contribution in [2.45, 2.75) is 6.92 Å². The lowest BCUT2D eigenvalue weighted by atomic mass is 10.1. The third-order valence-corrected chi connectivity index (χ3v) is 5.15. The maximum absolute atomic E-state index is 12.0. The summed E-state index contributed by atoms with van der Waals surface area (Å²) in [4.78, 5) is 20.6. The largest absolute Gasteiger partial charge is 0.496 e. The lowest BCUT2D eigenvalue weighted by Crippen LogP contribution is -2.51. The van der Waals surface area contributed by atoms with Crippen LogP contribution >= 0.6 is 0 Å². The summed E-state index contributed by atoms with van der Waals surface area (Å²) in [5, 5.41) is 6.98. The Morgan fingerprint density at radius 1 is 1.10 bits per heavy atom. The summed E-state index contributed by atoms with van der Waals surface area (Å²) in [5.74, 6) is 1.64. The molecular weight excluding hydrogens is 382 g/mol. The van der Waals surface area contributed by atoms with E-state index in [0.29, 0.717) is 37.1 Å². The van der Waals surface area contributed by atoms with Crippen LogP contribution < -0.4 is 15.0 Å². The fourth-order valence-electron chi connectivity index (χ4n) is 3.52. The average Bonchev–Trinajstić information content (AvgIpc) is 3.29. The molecule has 0 spiro atoms. The number of anilines is 1. The quantitative estimate of drug-likeness (QED) is 0.699. The highest BCUT2D eigenvalue weighted by Gasteiger charge is 2.21. The topological polar surface area (TPSA) is 83.7 Å². The Kier molecular flexibility index (Phi) is 5.83. The molecule has 0 aliphatic carbocycles. The second-order valence-electron chi connectivity index (χ2n) is 6.98. The Morgan fingerprint density at radius 2 is 1.83 bits per heavy atom. The highest BCUT2D eigenvalue weighted by atomic mass is 16.5. The van der Waals surface area contributed by atoms with E-state index in [9.17, 15) is 4.79 Å². The number of piperazine rings is 1. The summed E-state index contributed by atoms with van der Waals surface area (Å²) in [5.41, 5.74) is 2.76. The first-order chi connectivity index (χ1) is 14.7. The minimum absolute atomic E-state index is 0.00968. The first kappa shape index (κ1) is 19.8. The number of aromatic nitrogens is 2. The summed E-state index contributed by atoms with van der Waals surface area (Å²) >= 11 is 0. The standard InChI is InChI=1S/C22H25N5O3/c1-3-23-22(28)27-14-12-26(13-15-27)17-10-8-16(9-11-17)20-24-21(30-25-20)18-6-4-5-7-19(18)29-2/h4-11H,3,12-15H2,1-2H3,(H,23,28). The van der Waals surface area contributed by atoms with Gasteiger partial charge in [-0.15, -0.1) is 0 Å². The van der Waals surface area contributed by atoms with E-state index < -0.39 is 0 Å². The predicted molar refractivity (Wildman–Crippen MR) is 115 cm³/mol. The van der Waals surface area contributed by atoms with Gasteiger partial charge in [-0.2, -0.15) is 4.98 Å². The Balaban J connectivity index is 1.44. The molecule has 0 radical (unpaired) electrons. The molecular formula is C22H25N5O3. The van der Waals surface area contributed by atoms with Gasteiger partial charge in [0.15, 0.2) is 0 Å². The Morgan fingerprint density at radius 3 is 2.53 bits per heavy atom. The minimum Gasteiger partial charge on any atom is -0.496 e. The summed E-state index contributed by atoms with van der Waals surface area (Å²) in [6, 6.07) is 15.6. The third-order valence-electron chi connectivity index (χ3n) is 5.15. The fraction of sp³-hybridized carbons (Fsp3) is 0.318. The van der Waals surface area contributed by atoms with Crippen molar-refractivity contribution in [1.29, 1.82) is 0 Å². The molecule has 1 N–H and O–H groups in total. The van der Waals surface area contributed by atoms with Crippen LogP contribution in [-0.4, -0.2) is 60.9 Å². The van der Waals surface area contributed by atoms with Crippen molar-refractivity contribution < 1.29 is 14.1 Å². The number of amides is 2. The zero-order valence-corrected chi connectivity index (χ0v) is 17.2. The molecule has 2 amide bonds. The highest BCUT2D eigenvalue weighted by molar-refractivity contribution is 5.74. The monoisotopic (exact) mass is 407 g/mol. The lowest BCUT2D eigenvalue weighted by molar-refractivity contribution is 0.195. The number of rotatable bonds is 5. The molecule has 1 aliphatic rings. The van der Waals surface area contributed by atoms with Crippen LogP contribution in [0.15, 0.2) is 53.1 Å². The van der Waals surface area contributed by atoms with Gasteiger partial charge in [-0.05, 0) is 43.3 Å². The molecule has 2 heterocycles. The van der Waals surface area contributed by atoms with Crippen molar-refractivity contribution in [3.8, 4) is 28.6 Å². The Labute approximate surface area is 175 Å². The van der Waals surface area contributed by atoms with E-state index in [2.05, 4.69) is 32.5 Å². The van der Waals surface area contributed by atoms with E-state index >= 15 is 0 Å². The number of methoxy groups -OCH3 is 1. The highest BCUT2D eigenvalue weighted by Crippen LogP contribution is 2.30. The molecule has 0 saturated carbocycles. The van der Waals surface area contributed by atoms with Gasteiger partial charge in [-0.1, -0.05) is 17.3 Å². The van der Waals surface area contributed by atoms with Crippen LogP contribution in [0.2, 0.25) is 0 Å². The second-order valence-corrected chi connectivity index (χ2v) is 6.98. The van der Waals surface area contributed by atoms with Gasteiger partial charge in [0.25, 0.3) is 5.89 Å². The molecule has 0 atom stereocenters. The van der Waals surface area contributed by atoms with E-state index in [1.165, 1.54) is 0 Å². The lowest BCUT2D eigenvalue weighted by Gasteiger charge is -2.36. The van der Waals surface area contributed by atoms with Crippen LogP contribution in [0.5, 0.6) is 5.75 Å². The molecule has 1 aliphatic heterocycles. The number of nitrogens with one attached hydrogen (secondary N) is 1. The molecule has 1 fully saturated rings. The van der Waals surface area contributed by atoms with Gasteiger partial charge >= 0.3 is 6.03 Å². The van der Waals surface area contributed by atoms with E-state index in [1.807, 2.05) is 48.2 Å². The first-order valence-corrected chi connectivity index (χ1v) is 10.0. The van der Waals surface area contributed by atoms with Crippen molar-refractivity contribution in [1.82, 2.24) is 20.4 Å². The summed E-state index contributed by atoms with van der Waals surface area (Å²) in [6.45, 7) is 5.60. The molecule has 8 nitrogen and oxygen atoms in total. The molecule has 30 heavy (non-hydrogen) atoms. The van der Waals surface area contributed by atoms with Crippen LogP contribution in [0.4, 0.5) is 10.5 Å². The van der Waals surface area contributed by atoms with Gasteiger partial charge < -0.3 is 24.4 Å². The molecule has 3 aromatic rings. The van der Waals surface area contributed by atoms with E-state index in [1.54, 1.807) is 7.11 Å².